The normalized spacial score (nSPS) is 12.1. The monoisotopic (exact) mass is 284 g/mol. The molecule has 6 heteroatoms. The summed E-state index contributed by atoms with van der Waals surface area (Å²) >= 11 is 1.52. The quantitative estimate of drug-likeness (QED) is 0.423. The molecule has 0 saturated carbocycles. The van der Waals surface area contributed by atoms with E-state index in [4.69, 9.17) is 15.9 Å². The topological polar surface area (TPSA) is 95.6 Å². The first-order valence-corrected chi connectivity index (χ1v) is 7.30. The highest BCUT2D eigenvalue weighted by Crippen LogP contribution is 2.17. The van der Waals surface area contributed by atoms with Gasteiger partial charge in [0.2, 0.25) is 5.91 Å². The number of nitrogen functional groups attached to an aromatic ring is 1. The number of hydrogen-bond donors (Lipinski definition) is 4. The predicted octanol–water partition coefficient (Wildman–Crippen LogP) is 1.07. The van der Waals surface area contributed by atoms with Crippen molar-refractivity contribution in [3.63, 3.8) is 0 Å². The SMILES string of the molecule is Nc1ccccc1NC(=O)CCCSCC(O)CO. The molecule has 0 aromatic heterocycles. The van der Waals surface area contributed by atoms with Gasteiger partial charge in [0.1, 0.15) is 0 Å². The number of amides is 1. The number of rotatable bonds is 8. The summed E-state index contributed by atoms with van der Waals surface area (Å²) in [6, 6.07) is 7.13. The fraction of sp³-hybridized carbons (Fsp3) is 0.462. The third-order valence-electron chi connectivity index (χ3n) is 2.45. The van der Waals surface area contributed by atoms with Crippen molar-refractivity contribution in [1.29, 1.82) is 0 Å². The molecule has 0 spiro atoms. The molecule has 1 aromatic carbocycles. The third-order valence-corrected chi connectivity index (χ3v) is 3.65. The van der Waals surface area contributed by atoms with Gasteiger partial charge in [-0.05, 0) is 24.3 Å². The maximum absolute atomic E-state index is 11.7. The second kappa shape index (κ2) is 8.79. The zero-order valence-corrected chi connectivity index (χ0v) is 11.5. The molecule has 1 aromatic rings. The summed E-state index contributed by atoms with van der Waals surface area (Å²) in [6.07, 6.45) is 0.459. The summed E-state index contributed by atoms with van der Waals surface area (Å²) in [4.78, 5) is 11.7. The van der Waals surface area contributed by atoms with E-state index in [2.05, 4.69) is 5.32 Å². The van der Waals surface area contributed by atoms with Crippen molar-refractivity contribution in [2.45, 2.75) is 18.9 Å². The molecular formula is C13H20N2O3S. The maximum atomic E-state index is 11.7. The van der Waals surface area contributed by atoms with Crippen LogP contribution in [0.2, 0.25) is 0 Å². The molecule has 0 saturated heterocycles. The summed E-state index contributed by atoms with van der Waals surface area (Å²) in [6.45, 7) is -0.221. The van der Waals surface area contributed by atoms with E-state index in [1.54, 1.807) is 12.1 Å². The first kappa shape index (κ1) is 15.8. The Morgan fingerprint density at radius 1 is 1.42 bits per heavy atom. The molecule has 0 aliphatic carbocycles. The number of anilines is 2. The van der Waals surface area contributed by atoms with Crippen LogP contribution in [0.25, 0.3) is 0 Å². The Kier molecular flexibility index (Phi) is 7.32. The molecule has 1 amide bonds. The van der Waals surface area contributed by atoms with Crippen LogP contribution in [-0.2, 0) is 4.79 Å². The van der Waals surface area contributed by atoms with Gasteiger partial charge in [-0.15, -0.1) is 0 Å². The molecule has 0 aliphatic rings. The van der Waals surface area contributed by atoms with Crippen LogP contribution in [-0.4, -0.2) is 40.3 Å². The Hall–Kier alpha value is -1.24. The van der Waals surface area contributed by atoms with Crippen LogP contribution in [0.4, 0.5) is 11.4 Å². The largest absolute Gasteiger partial charge is 0.397 e. The van der Waals surface area contributed by atoms with E-state index >= 15 is 0 Å². The van der Waals surface area contributed by atoms with Crippen LogP contribution in [0.15, 0.2) is 24.3 Å². The zero-order chi connectivity index (χ0) is 14.1. The van der Waals surface area contributed by atoms with Crippen molar-refractivity contribution in [3.05, 3.63) is 24.3 Å². The number of hydrogen-bond acceptors (Lipinski definition) is 5. The summed E-state index contributed by atoms with van der Waals surface area (Å²) in [5.41, 5.74) is 6.91. The van der Waals surface area contributed by atoms with E-state index in [0.717, 1.165) is 12.2 Å². The van der Waals surface area contributed by atoms with Crippen LogP contribution >= 0.6 is 11.8 Å². The number of thioether (sulfide) groups is 1. The lowest BCUT2D eigenvalue weighted by atomic mass is 10.2. The predicted molar refractivity (Wildman–Crippen MR) is 79.1 cm³/mol. The van der Waals surface area contributed by atoms with Gasteiger partial charge in [0.05, 0.1) is 24.1 Å². The van der Waals surface area contributed by atoms with Gasteiger partial charge in [-0.1, -0.05) is 12.1 Å². The molecule has 0 aliphatic heterocycles. The minimum absolute atomic E-state index is 0.0683. The molecule has 1 unspecified atom stereocenters. The number of nitrogens with one attached hydrogen (secondary N) is 1. The van der Waals surface area contributed by atoms with Crippen LogP contribution in [0, 0.1) is 0 Å². The van der Waals surface area contributed by atoms with Crippen LogP contribution in [0.3, 0.4) is 0 Å². The van der Waals surface area contributed by atoms with Gasteiger partial charge < -0.3 is 21.3 Å². The van der Waals surface area contributed by atoms with E-state index < -0.39 is 6.10 Å². The first-order chi connectivity index (χ1) is 9.13. The average molecular weight is 284 g/mol. The van der Waals surface area contributed by atoms with Crippen molar-refractivity contribution >= 4 is 29.0 Å². The van der Waals surface area contributed by atoms with E-state index in [1.165, 1.54) is 11.8 Å². The zero-order valence-electron chi connectivity index (χ0n) is 10.7. The van der Waals surface area contributed by atoms with Gasteiger partial charge in [-0.2, -0.15) is 11.8 Å². The van der Waals surface area contributed by atoms with E-state index in [9.17, 15) is 4.79 Å². The molecule has 106 valence electrons. The number of aliphatic hydroxyl groups excluding tert-OH is 2. The van der Waals surface area contributed by atoms with Crippen molar-refractivity contribution in [2.24, 2.45) is 0 Å². The molecule has 0 bridgehead atoms. The molecule has 1 rings (SSSR count). The Morgan fingerprint density at radius 2 is 2.16 bits per heavy atom. The molecule has 0 radical (unpaired) electrons. The van der Waals surface area contributed by atoms with Crippen LogP contribution < -0.4 is 11.1 Å². The number of carbonyl (C=O) groups excluding carboxylic acids is 1. The second-order valence-corrected chi connectivity index (χ2v) is 5.30. The highest BCUT2D eigenvalue weighted by Gasteiger charge is 2.05. The number of para-hydroxylation sites is 2. The lowest BCUT2D eigenvalue weighted by molar-refractivity contribution is -0.116. The molecule has 0 heterocycles. The summed E-state index contributed by atoms with van der Waals surface area (Å²) in [5.74, 6) is 1.19. The van der Waals surface area contributed by atoms with Crippen molar-refractivity contribution < 1.29 is 15.0 Å². The number of aliphatic hydroxyl groups is 2. The van der Waals surface area contributed by atoms with E-state index in [0.29, 0.717) is 23.5 Å². The van der Waals surface area contributed by atoms with Gasteiger partial charge in [0.15, 0.2) is 0 Å². The summed E-state index contributed by atoms with van der Waals surface area (Å²) in [7, 11) is 0. The molecule has 5 nitrogen and oxygen atoms in total. The molecule has 0 fully saturated rings. The second-order valence-electron chi connectivity index (χ2n) is 4.15. The van der Waals surface area contributed by atoms with Gasteiger partial charge in [0, 0.05) is 12.2 Å². The van der Waals surface area contributed by atoms with Crippen LogP contribution in [0.5, 0.6) is 0 Å². The average Bonchev–Trinajstić information content (AvgIpc) is 2.40. The third kappa shape index (κ3) is 6.47. The Bertz CT molecular complexity index is 401. The molecule has 1 atom stereocenters. The van der Waals surface area contributed by atoms with Gasteiger partial charge in [-0.25, -0.2) is 0 Å². The highest BCUT2D eigenvalue weighted by atomic mass is 32.2. The first-order valence-electron chi connectivity index (χ1n) is 6.14. The maximum Gasteiger partial charge on any atom is 0.224 e. The Labute approximate surface area is 117 Å². The number of nitrogens with two attached hydrogens (primary N) is 1. The van der Waals surface area contributed by atoms with Crippen molar-refractivity contribution in [1.82, 2.24) is 0 Å². The Morgan fingerprint density at radius 3 is 2.84 bits per heavy atom. The summed E-state index contributed by atoms with van der Waals surface area (Å²) < 4.78 is 0. The van der Waals surface area contributed by atoms with Crippen molar-refractivity contribution in [2.75, 3.05) is 29.2 Å². The smallest absolute Gasteiger partial charge is 0.224 e. The van der Waals surface area contributed by atoms with E-state index in [1.807, 2.05) is 12.1 Å². The van der Waals surface area contributed by atoms with E-state index in [-0.39, 0.29) is 12.5 Å². The van der Waals surface area contributed by atoms with Gasteiger partial charge >= 0.3 is 0 Å². The minimum Gasteiger partial charge on any atom is -0.397 e. The fourth-order valence-corrected chi connectivity index (χ4v) is 2.32. The lowest BCUT2D eigenvalue weighted by Gasteiger charge is -2.08. The van der Waals surface area contributed by atoms with Gasteiger partial charge in [-0.3, -0.25) is 4.79 Å². The molecule has 19 heavy (non-hydrogen) atoms. The number of benzene rings is 1. The van der Waals surface area contributed by atoms with Crippen molar-refractivity contribution in [3.8, 4) is 0 Å². The minimum atomic E-state index is -0.678. The fourth-order valence-electron chi connectivity index (χ4n) is 1.43. The Balaban J connectivity index is 2.17. The number of carbonyl (C=O) groups is 1. The van der Waals surface area contributed by atoms with Gasteiger partial charge in [0.25, 0.3) is 0 Å². The molecule has 5 N–H and O–H groups in total. The molecular weight excluding hydrogens is 264 g/mol. The lowest BCUT2D eigenvalue weighted by Crippen LogP contribution is -2.15. The van der Waals surface area contributed by atoms with Crippen LogP contribution in [0.1, 0.15) is 12.8 Å². The highest BCUT2D eigenvalue weighted by molar-refractivity contribution is 7.99. The summed E-state index contributed by atoms with van der Waals surface area (Å²) in [5, 5.41) is 20.5. The standard InChI is InChI=1S/C13H20N2O3S/c14-11-4-1-2-5-12(11)15-13(18)6-3-7-19-9-10(17)8-16/h1-2,4-5,10,16-17H,3,6-9,14H2,(H,15,18).